The van der Waals surface area contributed by atoms with E-state index in [0.717, 1.165) is 5.75 Å². The van der Waals surface area contributed by atoms with Gasteiger partial charge in [0.15, 0.2) is 0 Å². The topological polar surface area (TPSA) is 73.2 Å². The van der Waals surface area contributed by atoms with Crippen LogP contribution in [0.15, 0.2) is 77.6 Å². The van der Waals surface area contributed by atoms with E-state index in [-0.39, 0.29) is 11.5 Å². The van der Waals surface area contributed by atoms with Crippen molar-refractivity contribution in [2.75, 3.05) is 11.9 Å². The first-order chi connectivity index (χ1) is 14.6. The molecular weight excluding hydrogens is 378 g/mol. The van der Waals surface area contributed by atoms with Crippen molar-refractivity contribution < 1.29 is 9.53 Å². The number of hydrogen-bond acceptors (Lipinski definition) is 4. The Morgan fingerprint density at radius 1 is 1.03 bits per heavy atom. The molecule has 0 bridgehead atoms. The van der Waals surface area contributed by atoms with Gasteiger partial charge in [0, 0.05) is 11.3 Å². The molecule has 4 rings (SSSR count). The maximum Gasteiger partial charge on any atom is 0.265 e. The highest BCUT2D eigenvalue weighted by molar-refractivity contribution is 6.04. The summed E-state index contributed by atoms with van der Waals surface area (Å²) >= 11 is 0. The largest absolute Gasteiger partial charge is 0.494 e. The van der Waals surface area contributed by atoms with Crippen LogP contribution in [0.1, 0.15) is 23.1 Å². The lowest BCUT2D eigenvalue weighted by Crippen LogP contribution is -2.22. The zero-order chi connectivity index (χ0) is 21.1. The third-order valence-corrected chi connectivity index (χ3v) is 4.73. The van der Waals surface area contributed by atoms with E-state index in [1.807, 2.05) is 31.2 Å². The van der Waals surface area contributed by atoms with Crippen LogP contribution in [0.25, 0.3) is 16.6 Å². The summed E-state index contributed by atoms with van der Waals surface area (Å²) in [6.45, 7) is 4.27. The van der Waals surface area contributed by atoms with Gasteiger partial charge in [0.2, 0.25) is 0 Å². The highest BCUT2D eigenvalue weighted by Gasteiger charge is 2.11. The molecule has 0 radical (unpaired) electrons. The number of aryl methyl sites for hydroxylation is 1. The van der Waals surface area contributed by atoms with E-state index in [1.54, 1.807) is 60.0 Å². The average Bonchev–Trinajstić information content (AvgIpc) is 2.75. The Hall–Kier alpha value is -3.93. The molecule has 1 amide bonds. The Morgan fingerprint density at radius 3 is 2.57 bits per heavy atom. The summed E-state index contributed by atoms with van der Waals surface area (Å²) in [6, 6.07) is 21.4. The van der Waals surface area contributed by atoms with E-state index in [2.05, 4.69) is 10.3 Å². The summed E-state index contributed by atoms with van der Waals surface area (Å²) in [5.74, 6) is 1.05. The normalized spacial score (nSPS) is 10.7. The van der Waals surface area contributed by atoms with Gasteiger partial charge < -0.3 is 10.1 Å². The summed E-state index contributed by atoms with van der Waals surface area (Å²) in [7, 11) is 0. The van der Waals surface area contributed by atoms with Crippen LogP contribution in [0.3, 0.4) is 0 Å². The fourth-order valence-corrected chi connectivity index (χ4v) is 3.34. The lowest BCUT2D eigenvalue weighted by Gasteiger charge is -2.13. The van der Waals surface area contributed by atoms with E-state index in [9.17, 15) is 9.59 Å². The molecule has 0 aliphatic heterocycles. The number of fused-ring (bicyclic) bond motifs is 1. The molecule has 6 heteroatoms. The number of hydrogen-bond donors (Lipinski definition) is 1. The number of rotatable bonds is 5. The molecule has 3 aromatic carbocycles. The number of para-hydroxylation sites is 1. The molecule has 1 heterocycles. The molecule has 0 aliphatic rings. The number of benzene rings is 3. The van der Waals surface area contributed by atoms with Crippen molar-refractivity contribution in [3.8, 4) is 11.4 Å². The Kier molecular flexibility index (Phi) is 5.30. The molecule has 0 saturated heterocycles. The van der Waals surface area contributed by atoms with Crippen LogP contribution in [0, 0.1) is 6.92 Å². The van der Waals surface area contributed by atoms with E-state index in [0.29, 0.717) is 40.3 Å². The maximum absolute atomic E-state index is 13.0. The second-order valence-corrected chi connectivity index (χ2v) is 6.78. The van der Waals surface area contributed by atoms with Gasteiger partial charge in [0.1, 0.15) is 11.6 Å². The fraction of sp³-hybridized carbons (Fsp3) is 0.125. The molecule has 1 N–H and O–H groups in total. The van der Waals surface area contributed by atoms with Gasteiger partial charge in [-0.2, -0.15) is 0 Å². The first-order valence-corrected chi connectivity index (χ1v) is 9.70. The van der Waals surface area contributed by atoms with Crippen molar-refractivity contribution in [1.29, 1.82) is 0 Å². The van der Waals surface area contributed by atoms with Gasteiger partial charge in [-0.05, 0) is 68.4 Å². The summed E-state index contributed by atoms with van der Waals surface area (Å²) in [6.07, 6.45) is 0. The number of aromatic nitrogens is 2. The van der Waals surface area contributed by atoms with Crippen LogP contribution < -0.4 is 15.6 Å². The zero-order valence-corrected chi connectivity index (χ0v) is 16.8. The predicted molar refractivity (Wildman–Crippen MR) is 118 cm³/mol. The number of nitrogens with zero attached hydrogens (tertiary/aromatic N) is 2. The Morgan fingerprint density at radius 2 is 1.80 bits per heavy atom. The first kappa shape index (κ1) is 19.4. The number of carbonyl (C=O) groups is 1. The lowest BCUT2D eigenvalue weighted by molar-refractivity contribution is 0.102. The quantitative estimate of drug-likeness (QED) is 0.542. The van der Waals surface area contributed by atoms with Crippen molar-refractivity contribution in [3.05, 3.63) is 94.5 Å². The fourth-order valence-electron chi connectivity index (χ4n) is 3.34. The maximum atomic E-state index is 13.0. The molecule has 0 atom stereocenters. The van der Waals surface area contributed by atoms with Gasteiger partial charge in [-0.3, -0.25) is 14.2 Å². The molecule has 0 saturated carbocycles. The van der Waals surface area contributed by atoms with Gasteiger partial charge >= 0.3 is 0 Å². The standard InChI is InChI=1S/C24H21N3O3/c1-3-30-20-13-11-17(12-14-20)23(28)26-18-7-6-8-19(15-18)27-16(2)25-22-10-5-4-9-21(22)24(27)29/h4-15H,3H2,1-2H3,(H,26,28). The summed E-state index contributed by atoms with van der Waals surface area (Å²) in [5, 5.41) is 3.43. The number of anilines is 1. The molecule has 6 nitrogen and oxygen atoms in total. The molecule has 0 unspecified atom stereocenters. The molecule has 150 valence electrons. The SMILES string of the molecule is CCOc1ccc(C(=O)Nc2cccc(-n3c(C)nc4ccccc4c3=O)c2)cc1. The van der Waals surface area contributed by atoms with Gasteiger partial charge in [-0.15, -0.1) is 0 Å². The second kappa shape index (κ2) is 8.21. The van der Waals surface area contributed by atoms with Crippen LogP contribution in [-0.2, 0) is 0 Å². The van der Waals surface area contributed by atoms with Gasteiger partial charge in [-0.25, -0.2) is 4.98 Å². The highest BCUT2D eigenvalue weighted by atomic mass is 16.5. The van der Waals surface area contributed by atoms with Crippen LogP contribution in [0.2, 0.25) is 0 Å². The second-order valence-electron chi connectivity index (χ2n) is 6.78. The molecule has 1 aromatic heterocycles. The highest BCUT2D eigenvalue weighted by Crippen LogP contribution is 2.18. The summed E-state index contributed by atoms with van der Waals surface area (Å²) < 4.78 is 6.96. The third kappa shape index (κ3) is 3.80. The minimum absolute atomic E-state index is 0.145. The lowest BCUT2D eigenvalue weighted by atomic mass is 10.2. The number of nitrogens with one attached hydrogen (secondary N) is 1. The van der Waals surface area contributed by atoms with Gasteiger partial charge in [-0.1, -0.05) is 18.2 Å². The smallest absolute Gasteiger partial charge is 0.265 e. The zero-order valence-electron chi connectivity index (χ0n) is 16.8. The Labute approximate surface area is 173 Å². The molecule has 4 aromatic rings. The van der Waals surface area contributed by atoms with Crippen LogP contribution >= 0.6 is 0 Å². The van der Waals surface area contributed by atoms with Crippen molar-refractivity contribution in [3.63, 3.8) is 0 Å². The number of carbonyl (C=O) groups excluding carboxylic acids is 1. The van der Waals surface area contributed by atoms with E-state index >= 15 is 0 Å². The molecule has 0 spiro atoms. The van der Waals surface area contributed by atoms with E-state index < -0.39 is 0 Å². The van der Waals surface area contributed by atoms with Crippen LogP contribution in [0.4, 0.5) is 5.69 Å². The predicted octanol–water partition coefficient (Wildman–Crippen LogP) is 4.35. The number of amides is 1. The van der Waals surface area contributed by atoms with Crippen molar-refractivity contribution in [2.24, 2.45) is 0 Å². The molecular formula is C24H21N3O3. The van der Waals surface area contributed by atoms with E-state index in [1.165, 1.54) is 0 Å². The molecule has 30 heavy (non-hydrogen) atoms. The van der Waals surface area contributed by atoms with Crippen LogP contribution in [-0.4, -0.2) is 22.1 Å². The minimum atomic E-state index is -0.240. The third-order valence-electron chi connectivity index (χ3n) is 4.73. The van der Waals surface area contributed by atoms with Crippen molar-refractivity contribution in [1.82, 2.24) is 9.55 Å². The number of ether oxygens (including phenoxy) is 1. The van der Waals surface area contributed by atoms with Crippen molar-refractivity contribution >= 4 is 22.5 Å². The first-order valence-electron chi connectivity index (χ1n) is 9.70. The Balaban J connectivity index is 1.64. The van der Waals surface area contributed by atoms with Crippen LogP contribution in [0.5, 0.6) is 5.75 Å². The van der Waals surface area contributed by atoms with Gasteiger partial charge in [0.05, 0.1) is 23.2 Å². The van der Waals surface area contributed by atoms with Gasteiger partial charge in [0.25, 0.3) is 11.5 Å². The molecule has 0 fully saturated rings. The minimum Gasteiger partial charge on any atom is -0.494 e. The average molecular weight is 399 g/mol. The summed E-state index contributed by atoms with van der Waals surface area (Å²) in [5.41, 5.74) is 2.26. The monoisotopic (exact) mass is 399 g/mol. The Bertz CT molecular complexity index is 1280. The van der Waals surface area contributed by atoms with Crippen molar-refractivity contribution in [2.45, 2.75) is 13.8 Å². The summed E-state index contributed by atoms with van der Waals surface area (Å²) in [4.78, 5) is 30.2. The molecule has 0 aliphatic carbocycles. The van der Waals surface area contributed by atoms with E-state index in [4.69, 9.17) is 4.74 Å².